The van der Waals surface area contributed by atoms with E-state index >= 15 is 0 Å². The van der Waals surface area contributed by atoms with E-state index in [-0.39, 0.29) is 43.1 Å². The molecule has 9 heteroatoms. The van der Waals surface area contributed by atoms with Crippen molar-refractivity contribution < 1.29 is 13.2 Å². The zero-order chi connectivity index (χ0) is 29.4. The highest BCUT2D eigenvalue weighted by Crippen LogP contribution is 2.23. The summed E-state index contributed by atoms with van der Waals surface area (Å²) in [7, 11) is -3.55. The van der Waals surface area contributed by atoms with Crippen LogP contribution in [0.4, 0.5) is 0 Å². The number of amides is 1. The predicted octanol–water partition coefficient (Wildman–Crippen LogP) is 4.88. The van der Waals surface area contributed by atoms with Crippen LogP contribution in [0.2, 0.25) is 0 Å². The summed E-state index contributed by atoms with van der Waals surface area (Å²) in [6, 6.07) is 23.0. The lowest BCUT2D eigenvalue weighted by molar-refractivity contribution is -0.121. The number of carbonyl (C=O) groups excluding carboxylic acids is 1. The molecule has 1 aromatic heterocycles. The van der Waals surface area contributed by atoms with E-state index in [1.807, 2.05) is 73.0 Å². The molecule has 0 aliphatic heterocycles. The van der Waals surface area contributed by atoms with Crippen LogP contribution in [-0.4, -0.2) is 46.5 Å². The third kappa shape index (κ3) is 7.60. The van der Waals surface area contributed by atoms with E-state index in [0.29, 0.717) is 12.1 Å². The van der Waals surface area contributed by atoms with Crippen LogP contribution in [-0.2, 0) is 34.3 Å². The van der Waals surface area contributed by atoms with Gasteiger partial charge in [-0.25, -0.2) is 13.4 Å². The molecule has 214 valence electrons. The van der Waals surface area contributed by atoms with Gasteiger partial charge in [0.25, 0.3) is 0 Å². The third-order valence-corrected chi connectivity index (χ3v) is 9.43. The Morgan fingerprint density at radius 2 is 1.80 bits per heavy atom. The lowest BCUT2D eigenvalue weighted by Gasteiger charge is -2.31. The first-order chi connectivity index (χ1) is 19.7. The van der Waals surface area contributed by atoms with Gasteiger partial charge in [0.2, 0.25) is 15.9 Å². The van der Waals surface area contributed by atoms with Gasteiger partial charge in [0.1, 0.15) is 0 Å². The van der Waals surface area contributed by atoms with Crippen molar-refractivity contribution in [3.05, 3.63) is 102 Å². The summed E-state index contributed by atoms with van der Waals surface area (Å²) >= 11 is 0. The number of nitriles is 1. The Morgan fingerprint density at radius 1 is 1.07 bits per heavy atom. The summed E-state index contributed by atoms with van der Waals surface area (Å²) in [5.41, 5.74) is 3.27. The molecule has 0 saturated heterocycles. The van der Waals surface area contributed by atoms with E-state index in [9.17, 15) is 13.2 Å². The van der Waals surface area contributed by atoms with Crippen LogP contribution >= 0.6 is 0 Å². The lowest BCUT2D eigenvalue weighted by atomic mass is 9.98. The number of hydrogen-bond acceptors (Lipinski definition) is 5. The van der Waals surface area contributed by atoms with E-state index < -0.39 is 10.0 Å². The van der Waals surface area contributed by atoms with Crippen LogP contribution < -0.4 is 5.32 Å². The van der Waals surface area contributed by atoms with Gasteiger partial charge in [0.15, 0.2) is 0 Å². The van der Waals surface area contributed by atoms with Crippen LogP contribution in [0.3, 0.4) is 0 Å². The minimum Gasteiger partial charge on any atom is -0.351 e. The van der Waals surface area contributed by atoms with E-state index in [1.54, 1.807) is 31.6 Å². The van der Waals surface area contributed by atoms with Crippen LogP contribution in [0.15, 0.2) is 79.3 Å². The molecular weight excluding hydrogens is 534 g/mol. The van der Waals surface area contributed by atoms with E-state index in [1.165, 1.54) is 4.31 Å². The van der Waals surface area contributed by atoms with Crippen molar-refractivity contribution >= 4 is 26.7 Å². The van der Waals surface area contributed by atoms with Crippen LogP contribution in [0.5, 0.6) is 0 Å². The lowest BCUT2D eigenvalue weighted by Crippen LogP contribution is -2.49. The monoisotopic (exact) mass is 571 g/mol. The molecule has 1 amide bonds. The second-order valence-electron chi connectivity index (χ2n) is 10.4. The highest BCUT2D eigenvalue weighted by Gasteiger charge is 2.28. The van der Waals surface area contributed by atoms with Gasteiger partial charge >= 0.3 is 0 Å². The molecule has 0 aliphatic carbocycles. The molecule has 8 nitrogen and oxygen atoms in total. The van der Waals surface area contributed by atoms with Gasteiger partial charge in [0.05, 0.1) is 30.1 Å². The summed E-state index contributed by atoms with van der Waals surface area (Å²) in [5.74, 6) is -0.145. The largest absolute Gasteiger partial charge is 0.351 e. The Kier molecular flexibility index (Phi) is 9.92. The molecule has 3 aromatic carbocycles. The standard InChI is InChI=1S/C32H37N5O3S/c1-4-24(3)31(22-37(41(39,40)5-2)21-28-11-8-10-27-9-6-7-12-30(27)28)35-32(38)17-29-19-34-23-36(29)20-26-15-13-25(18-33)14-16-26/h6-16,19,23-24,31H,4-5,17,20-22H2,1-3H3,(H,35,38)/t24?,31-/m1/s1. The molecule has 1 N–H and O–H groups in total. The van der Waals surface area contributed by atoms with Gasteiger partial charge in [-0.05, 0) is 46.9 Å². The quantitative estimate of drug-likeness (QED) is 0.246. The van der Waals surface area contributed by atoms with Crippen molar-refractivity contribution in [1.29, 1.82) is 5.26 Å². The highest BCUT2D eigenvalue weighted by molar-refractivity contribution is 7.89. The summed E-state index contributed by atoms with van der Waals surface area (Å²) < 4.78 is 30.0. The predicted molar refractivity (Wildman–Crippen MR) is 161 cm³/mol. The van der Waals surface area contributed by atoms with Gasteiger partial charge in [0, 0.05) is 37.6 Å². The van der Waals surface area contributed by atoms with Crippen molar-refractivity contribution in [2.24, 2.45) is 5.92 Å². The molecule has 0 bridgehead atoms. The van der Waals surface area contributed by atoms with Gasteiger partial charge < -0.3 is 9.88 Å². The molecule has 1 unspecified atom stereocenters. The smallest absolute Gasteiger partial charge is 0.226 e. The maximum atomic E-state index is 13.3. The highest BCUT2D eigenvalue weighted by atomic mass is 32.2. The minimum absolute atomic E-state index is 0.0204. The first-order valence-electron chi connectivity index (χ1n) is 14.0. The number of hydrogen-bond donors (Lipinski definition) is 1. The Hall–Kier alpha value is -4.00. The summed E-state index contributed by atoms with van der Waals surface area (Å²) in [4.78, 5) is 17.5. The fourth-order valence-corrected chi connectivity index (χ4v) is 5.98. The third-order valence-electron chi connectivity index (χ3n) is 7.64. The Bertz CT molecular complexity index is 1620. The Balaban J connectivity index is 1.51. The van der Waals surface area contributed by atoms with Crippen molar-refractivity contribution in [2.45, 2.75) is 52.7 Å². The summed E-state index contributed by atoms with van der Waals surface area (Å²) in [6.45, 7) is 6.67. The SMILES string of the molecule is CCC(C)[C@@H](CN(Cc1cccc2ccccc12)S(=O)(=O)CC)NC(=O)Cc1cncn1Cc1ccc(C#N)cc1. The average Bonchev–Trinajstić information content (AvgIpc) is 3.42. The topological polar surface area (TPSA) is 108 Å². The molecule has 4 aromatic rings. The van der Waals surface area contributed by atoms with Crippen LogP contribution in [0, 0.1) is 17.2 Å². The molecule has 0 aliphatic rings. The van der Waals surface area contributed by atoms with Crippen molar-refractivity contribution in [1.82, 2.24) is 19.2 Å². The molecule has 4 rings (SSSR count). The zero-order valence-corrected chi connectivity index (χ0v) is 24.6. The first-order valence-corrected chi connectivity index (χ1v) is 15.6. The van der Waals surface area contributed by atoms with E-state index in [0.717, 1.165) is 34.0 Å². The fraction of sp³-hybridized carbons (Fsp3) is 0.344. The number of nitrogens with zero attached hydrogens (tertiary/aromatic N) is 4. The fourth-order valence-electron chi connectivity index (χ4n) is 4.89. The maximum absolute atomic E-state index is 13.3. The number of carbonyl (C=O) groups is 1. The maximum Gasteiger partial charge on any atom is 0.226 e. The number of imidazole rings is 1. The molecule has 41 heavy (non-hydrogen) atoms. The van der Waals surface area contributed by atoms with Gasteiger partial charge in [-0.2, -0.15) is 9.57 Å². The van der Waals surface area contributed by atoms with Gasteiger partial charge in [-0.1, -0.05) is 74.9 Å². The first kappa shape index (κ1) is 30.0. The van der Waals surface area contributed by atoms with Gasteiger partial charge in [-0.15, -0.1) is 0 Å². The van der Waals surface area contributed by atoms with Crippen molar-refractivity contribution in [3.8, 4) is 6.07 Å². The number of fused-ring (bicyclic) bond motifs is 1. The molecule has 0 fully saturated rings. The molecule has 1 heterocycles. The van der Waals surface area contributed by atoms with Crippen molar-refractivity contribution in [2.75, 3.05) is 12.3 Å². The van der Waals surface area contributed by atoms with E-state index in [4.69, 9.17) is 5.26 Å². The van der Waals surface area contributed by atoms with Crippen LogP contribution in [0.1, 0.15) is 49.6 Å². The molecule has 0 spiro atoms. The Morgan fingerprint density at radius 3 is 2.51 bits per heavy atom. The Labute approximate surface area is 242 Å². The molecule has 0 saturated carbocycles. The van der Waals surface area contributed by atoms with Crippen LogP contribution in [0.25, 0.3) is 10.8 Å². The average molecular weight is 572 g/mol. The number of aromatic nitrogens is 2. The number of nitrogens with one attached hydrogen (secondary N) is 1. The number of rotatable bonds is 13. The van der Waals surface area contributed by atoms with Gasteiger partial charge in [-0.3, -0.25) is 4.79 Å². The molecule has 0 radical (unpaired) electrons. The minimum atomic E-state index is -3.55. The van der Waals surface area contributed by atoms with E-state index in [2.05, 4.69) is 16.4 Å². The molecular formula is C32H37N5O3S. The van der Waals surface area contributed by atoms with Crippen molar-refractivity contribution in [3.63, 3.8) is 0 Å². The number of sulfonamides is 1. The summed E-state index contributed by atoms with van der Waals surface area (Å²) in [6.07, 6.45) is 4.27. The summed E-state index contributed by atoms with van der Waals surface area (Å²) in [5, 5.41) is 14.3. The second-order valence-corrected chi connectivity index (χ2v) is 12.6. The normalized spacial score (nSPS) is 13.1. The second kappa shape index (κ2) is 13.6. The number of benzene rings is 3. The molecule has 2 atom stereocenters. The zero-order valence-electron chi connectivity index (χ0n) is 23.8.